The molecule has 1 spiro atoms. The van der Waals surface area contributed by atoms with Crippen LogP contribution in [0.5, 0.6) is 0 Å². The van der Waals surface area contributed by atoms with Gasteiger partial charge in [-0.25, -0.2) is 14.8 Å². The third kappa shape index (κ3) is 4.29. The van der Waals surface area contributed by atoms with E-state index < -0.39 is 0 Å². The highest BCUT2D eigenvalue weighted by Crippen LogP contribution is 2.52. The number of fused-ring (bicyclic) bond motifs is 1. The van der Waals surface area contributed by atoms with Crippen LogP contribution < -0.4 is 9.91 Å². The molecular weight excluding hydrogens is 440 g/mol. The molecule has 0 bridgehead atoms. The topological polar surface area (TPSA) is 58.1 Å². The van der Waals surface area contributed by atoms with E-state index in [2.05, 4.69) is 67.0 Å². The Kier molecular flexibility index (Phi) is 6.49. The van der Waals surface area contributed by atoms with Crippen molar-refractivity contribution in [2.45, 2.75) is 53.0 Å². The summed E-state index contributed by atoms with van der Waals surface area (Å²) in [6.07, 6.45) is 3.36. The first kappa shape index (κ1) is 24.1. The quantitative estimate of drug-likeness (QED) is 0.543. The molecule has 1 unspecified atom stereocenters. The number of hydrogen-bond donors (Lipinski definition) is 0. The van der Waals surface area contributed by atoms with Gasteiger partial charge in [-0.2, -0.15) is 0 Å². The average Bonchev–Trinajstić information content (AvgIpc) is 3.37. The zero-order valence-electron chi connectivity index (χ0n) is 21.7. The molecule has 7 heteroatoms. The Hall–Kier alpha value is -2.64. The summed E-state index contributed by atoms with van der Waals surface area (Å²) in [7, 11) is 2.13. The van der Waals surface area contributed by atoms with Gasteiger partial charge in [0.25, 0.3) is 0 Å². The number of ether oxygens (including phenoxy) is 2. The molecule has 5 rings (SSSR count). The summed E-state index contributed by atoms with van der Waals surface area (Å²) in [5.41, 5.74) is 5.26. The largest absolute Gasteiger partial charge is 0.461 e. The predicted octanol–water partition coefficient (Wildman–Crippen LogP) is 5.27. The van der Waals surface area contributed by atoms with Crippen molar-refractivity contribution in [3.8, 4) is 0 Å². The molecule has 3 aliphatic rings. The van der Waals surface area contributed by atoms with E-state index in [9.17, 15) is 4.79 Å². The van der Waals surface area contributed by atoms with Gasteiger partial charge in [0.2, 0.25) is 0 Å². The second-order valence-corrected chi connectivity index (χ2v) is 10.7. The van der Waals surface area contributed by atoms with Crippen LogP contribution in [0.1, 0.15) is 67.7 Å². The van der Waals surface area contributed by atoms with Crippen LogP contribution in [0, 0.1) is 18.3 Å². The lowest BCUT2D eigenvalue weighted by Crippen LogP contribution is -2.35. The number of aromatic nitrogens is 1. The first-order chi connectivity index (χ1) is 16.8. The highest BCUT2D eigenvalue weighted by atomic mass is 16.5. The molecule has 0 saturated carbocycles. The number of hydrogen-bond acceptors (Lipinski definition) is 7. The van der Waals surface area contributed by atoms with E-state index in [1.165, 1.54) is 11.1 Å². The molecular formula is C28H38N4O3. The van der Waals surface area contributed by atoms with Gasteiger partial charge in [0.15, 0.2) is 11.5 Å². The normalized spacial score (nSPS) is 21.7. The Morgan fingerprint density at radius 2 is 2.00 bits per heavy atom. The molecule has 3 aliphatic heterocycles. The van der Waals surface area contributed by atoms with Crippen LogP contribution in [-0.4, -0.2) is 55.9 Å². The van der Waals surface area contributed by atoms with Gasteiger partial charge in [-0.15, -0.1) is 0 Å². The molecule has 35 heavy (non-hydrogen) atoms. The number of benzene rings is 1. The molecule has 4 heterocycles. The maximum absolute atomic E-state index is 12.9. The third-order valence-corrected chi connectivity index (χ3v) is 7.93. The van der Waals surface area contributed by atoms with Gasteiger partial charge in [0.1, 0.15) is 0 Å². The Balaban J connectivity index is 1.66. The van der Waals surface area contributed by atoms with E-state index in [4.69, 9.17) is 14.5 Å². The SMILES string of the molecule is CCOC(=O)c1cc(N2CCC3(CCOCC3)C2)c2c(n1)N(c1cccc(C)c1)N(C)C2C(C)C. The molecule has 0 amide bonds. The fraction of sp³-hybridized carbons (Fsp3) is 0.571. The fourth-order valence-corrected chi connectivity index (χ4v) is 6.19. The minimum Gasteiger partial charge on any atom is -0.461 e. The number of hydrazine groups is 1. The van der Waals surface area contributed by atoms with Gasteiger partial charge >= 0.3 is 5.97 Å². The number of rotatable bonds is 5. The number of carbonyl (C=O) groups is 1. The lowest BCUT2D eigenvalue weighted by molar-refractivity contribution is 0.0254. The molecule has 2 saturated heterocycles. The van der Waals surface area contributed by atoms with E-state index in [-0.39, 0.29) is 12.0 Å². The first-order valence-electron chi connectivity index (χ1n) is 13.0. The minimum atomic E-state index is -0.364. The zero-order chi connectivity index (χ0) is 24.7. The van der Waals surface area contributed by atoms with Crippen molar-refractivity contribution < 1.29 is 14.3 Å². The number of aryl methyl sites for hydroxylation is 1. The second-order valence-electron chi connectivity index (χ2n) is 10.7. The van der Waals surface area contributed by atoms with Crippen LogP contribution >= 0.6 is 0 Å². The predicted molar refractivity (Wildman–Crippen MR) is 138 cm³/mol. The Morgan fingerprint density at radius 3 is 2.69 bits per heavy atom. The van der Waals surface area contributed by atoms with Crippen molar-refractivity contribution >= 4 is 23.2 Å². The standard InChI is InChI=1S/C28H38N4O3/c1-6-35-27(33)22-17-23(31-13-10-28(18-31)11-14-34-15-12-28)24-25(19(2)3)30(5)32(26(24)29-22)21-9-7-8-20(4)16-21/h7-9,16-17,19,25H,6,10-15,18H2,1-5H3. The first-order valence-corrected chi connectivity index (χ1v) is 13.0. The number of anilines is 3. The van der Waals surface area contributed by atoms with Gasteiger partial charge in [-0.1, -0.05) is 26.0 Å². The Labute approximate surface area is 209 Å². The molecule has 188 valence electrons. The van der Waals surface area contributed by atoms with Crippen LogP contribution in [-0.2, 0) is 9.47 Å². The van der Waals surface area contributed by atoms with Gasteiger partial charge in [-0.3, -0.25) is 5.01 Å². The molecule has 0 aliphatic carbocycles. The molecule has 0 N–H and O–H groups in total. The van der Waals surface area contributed by atoms with Crippen LogP contribution in [0.2, 0.25) is 0 Å². The van der Waals surface area contributed by atoms with E-state index >= 15 is 0 Å². The lowest BCUT2D eigenvalue weighted by atomic mass is 9.80. The summed E-state index contributed by atoms with van der Waals surface area (Å²) >= 11 is 0. The van der Waals surface area contributed by atoms with Crippen molar-refractivity contribution in [3.05, 3.63) is 47.2 Å². The van der Waals surface area contributed by atoms with Crippen molar-refractivity contribution in [1.82, 2.24) is 9.99 Å². The van der Waals surface area contributed by atoms with E-state index in [0.29, 0.717) is 23.6 Å². The van der Waals surface area contributed by atoms with Crippen LogP contribution in [0.25, 0.3) is 0 Å². The second kappa shape index (κ2) is 9.43. The minimum absolute atomic E-state index is 0.149. The van der Waals surface area contributed by atoms with Crippen molar-refractivity contribution in [3.63, 3.8) is 0 Å². The number of pyridine rings is 1. The maximum Gasteiger partial charge on any atom is 0.357 e. The van der Waals surface area contributed by atoms with Gasteiger partial charge in [0, 0.05) is 44.6 Å². The highest BCUT2D eigenvalue weighted by molar-refractivity contribution is 5.91. The summed E-state index contributed by atoms with van der Waals surface area (Å²) < 4.78 is 11.1. The lowest BCUT2D eigenvalue weighted by Gasteiger charge is -2.34. The number of nitrogens with zero attached hydrogens (tertiary/aromatic N) is 4. The molecule has 1 aromatic carbocycles. The van der Waals surface area contributed by atoms with Crippen molar-refractivity contribution in [2.75, 3.05) is 49.9 Å². The molecule has 2 aromatic rings. The molecule has 0 radical (unpaired) electrons. The Morgan fingerprint density at radius 1 is 1.23 bits per heavy atom. The van der Waals surface area contributed by atoms with E-state index in [1.807, 2.05) is 13.0 Å². The smallest absolute Gasteiger partial charge is 0.357 e. The highest BCUT2D eigenvalue weighted by Gasteiger charge is 2.45. The fourth-order valence-electron chi connectivity index (χ4n) is 6.19. The monoisotopic (exact) mass is 478 g/mol. The number of esters is 1. The Bertz CT molecular complexity index is 1100. The molecule has 2 fully saturated rings. The summed E-state index contributed by atoms with van der Waals surface area (Å²) in [5, 5.41) is 4.47. The van der Waals surface area contributed by atoms with E-state index in [0.717, 1.165) is 62.8 Å². The summed E-state index contributed by atoms with van der Waals surface area (Å²) in [4.78, 5) is 20.4. The van der Waals surface area contributed by atoms with Crippen molar-refractivity contribution in [1.29, 1.82) is 0 Å². The molecule has 7 nitrogen and oxygen atoms in total. The average molecular weight is 479 g/mol. The van der Waals surface area contributed by atoms with Gasteiger partial charge < -0.3 is 14.4 Å². The third-order valence-electron chi connectivity index (χ3n) is 7.93. The molecule has 1 aromatic heterocycles. The van der Waals surface area contributed by atoms with Gasteiger partial charge in [0.05, 0.1) is 18.3 Å². The van der Waals surface area contributed by atoms with E-state index in [1.54, 1.807) is 0 Å². The zero-order valence-corrected chi connectivity index (χ0v) is 21.7. The number of carbonyl (C=O) groups excluding carboxylic acids is 1. The summed E-state index contributed by atoms with van der Waals surface area (Å²) in [5.74, 6) is 0.837. The summed E-state index contributed by atoms with van der Waals surface area (Å²) in [6.45, 7) is 12.5. The van der Waals surface area contributed by atoms with Crippen LogP contribution in [0.4, 0.5) is 17.2 Å². The summed E-state index contributed by atoms with van der Waals surface area (Å²) in [6, 6.07) is 10.6. The molecule has 1 atom stereocenters. The van der Waals surface area contributed by atoms with Crippen LogP contribution in [0.3, 0.4) is 0 Å². The maximum atomic E-state index is 12.9. The van der Waals surface area contributed by atoms with Crippen LogP contribution in [0.15, 0.2) is 30.3 Å². The van der Waals surface area contributed by atoms with Crippen molar-refractivity contribution in [2.24, 2.45) is 11.3 Å². The van der Waals surface area contributed by atoms with Gasteiger partial charge in [-0.05, 0) is 68.2 Å².